The molecule has 1 rings (SSSR count). The van der Waals surface area contributed by atoms with E-state index < -0.39 is 8.80 Å². The summed E-state index contributed by atoms with van der Waals surface area (Å²) < 4.78 is 0. The molecule has 0 atom stereocenters. The number of hydrogen-bond donors (Lipinski definition) is 0. The molecule has 0 heterocycles. The second-order valence-corrected chi connectivity index (χ2v) is 7.90. The third-order valence-corrected chi connectivity index (χ3v) is 6.73. The summed E-state index contributed by atoms with van der Waals surface area (Å²) in [5, 5.41) is 1.61. The van der Waals surface area contributed by atoms with Crippen molar-refractivity contribution >= 4 is 31.2 Å². The predicted octanol–water partition coefficient (Wildman–Crippen LogP) is 0.997. The van der Waals surface area contributed by atoms with Crippen LogP contribution in [0.25, 0.3) is 0 Å². The molecule has 0 spiro atoms. The average Bonchev–Trinajstić information content (AvgIpc) is 2.15. The average molecular weight is 196 g/mol. The van der Waals surface area contributed by atoms with Gasteiger partial charge in [-0.15, -0.1) is 0 Å². The van der Waals surface area contributed by atoms with Crippen molar-refractivity contribution in [3.05, 3.63) is 30.3 Å². The van der Waals surface area contributed by atoms with Crippen LogP contribution in [-0.4, -0.2) is 20.4 Å². The van der Waals surface area contributed by atoms with Crippen LogP contribution in [0.15, 0.2) is 30.3 Å². The van der Waals surface area contributed by atoms with Gasteiger partial charge in [0.25, 0.3) is 0 Å². The van der Waals surface area contributed by atoms with Gasteiger partial charge in [-0.1, -0.05) is 0 Å². The monoisotopic (exact) mass is 196 g/mol. The van der Waals surface area contributed by atoms with Gasteiger partial charge in [-0.05, 0) is 0 Å². The number of rotatable bonds is 4. The van der Waals surface area contributed by atoms with E-state index in [-0.39, 0.29) is 0 Å². The van der Waals surface area contributed by atoms with Gasteiger partial charge in [0.05, 0.1) is 0 Å². The second-order valence-electron chi connectivity index (χ2n) is 3.35. The Kier molecular flexibility index (Phi) is 4.18. The molecule has 0 aliphatic carbocycles. The van der Waals surface area contributed by atoms with Crippen LogP contribution >= 0.6 is 0 Å². The molecular formula is C10H16SSi. The predicted molar refractivity (Wildman–Crippen MR) is 64.6 cm³/mol. The van der Waals surface area contributed by atoms with Crippen LogP contribution in [0.3, 0.4) is 0 Å². The van der Waals surface area contributed by atoms with Crippen LogP contribution in [0.1, 0.15) is 0 Å². The number of hydrogen-bond acceptors (Lipinski definition) is 0. The van der Waals surface area contributed by atoms with Crippen molar-refractivity contribution in [1.82, 2.24) is 0 Å². The van der Waals surface area contributed by atoms with Gasteiger partial charge in [-0.2, -0.15) is 0 Å². The first-order valence-corrected chi connectivity index (χ1v) is 8.82. The topological polar surface area (TPSA) is 0 Å². The Balaban J connectivity index is 2.53. The van der Waals surface area contributed by atoms with Crippen LogP contribution in [0.5, 0.6) is 0 Å². The normalized spacial score (nSPS) is 10.9. The van der Waals surface area contributed by atoms with Crippen molar-refractivity contribution in [2.75, 3.05) is 5.75 Å². The van der Waals surface area contributed by atoms with E-state index in [1.54, 1.807) is 16.5 Å². The van der Waals surface area contributed by atoms with Gasteiger partial charge in [0.2, 0.25) is 0 Å². The van der Waals surface area contributed by atoms with Crippen LogP contribution in [0, 0.1) is 0 Å². The Labute approximate surface area is 80.2 Å². The van der Waals surface area contributed by atoms with E-state index in [0.29, 0.717) is 0 Å². The molecule has 0 amide bonds. The zero-order valence-electron chi connectivity index (χ0n) is 7.62. The van der Waals surface area contributed by atoms with E-state index in [0.717, 1.165) is 0 Å². The molecule has 0 saturated heterocycles. The van der Waals surface area contributed by atoms with Gasteiger partial charge in [-0.25, -0.2) is 0 Å². The third-order valence-electron chi connectivity index (χ3n) is 2.36. The fourth-order valence-electron chi connectivity index (χ4n) is 1.40. The minimum atomic E-state index is -0.987. The summed E-state index contributed by atoms with van der Waals surface area (Å²) in [4.78, 5) is 0. The molecule has 0 fully saturated rings. The minimum absolute atomic E-state index is 0.987. The molecule has 12 heavy (non-hydrogen) atoms. The van der Waals surface area contributed by atoms with Crippen molar-refractivity contribution in [2.24, 2.45) is 0 Å². The summed E-state index contributed by atoms with van der Waals surface area (Å²) in [5.41, 5.74) is 0. The summed E-state index contributed by atoms with van der Waals surface area (Å²) in [6.07, 6.45) is 0. The van der Waals surface area contributed by atoms with Crippen LogP contribution in [0.2, 0.25) is 12.6 Å². The Hall–Kier alpha value is -0.473. The fourth-order valence-corrected chi connectivity index (χ4v) is 5.44. The molecule has 0 nitrogen and oxygen atoms in total. The van der Waals surface area contributed by atoms with E-state index in [2.05, 4.69) is 42.7 Å². The van der Waals surface area contributed by atoms with Crippen molar-refractivity contribution < 1.29 is 0 Å². The molecule has 0 saturated carbocycles. The van der Waals surface area contributed by atoms with Crippen LogP contribution < -0.4 is 5.19 Å². The van der Waals surface area contributed by atoms with E-state index >= 15 is 0 Å². The molecule has 1 aromatic rings. The Morgan fingerprint density at radius 3 is 2.58 bits per heavy atom. The van der Waals surface area contributed by atoms with E-state index in [1.807, 2.05) is 0 Å². The van der Waals surface area contributed by atoms with Crippen molar-refractivity contribution in [3.63, 3.8) is 0 Å². The molecule has 0 bridgehead atoms. The van der Waals surface area contributed by atoms with Crippen LogP contribution in [0.4, 0.5) is 0 Å². The van der Waals surface area contributed by atoms with Crippen molar-refractivity contribution in [3.8, 4) is 0 Å². The fraction of sp³-hybridized carbons (Fsp3) is 0.300. The summed E-state index contributed by atoms with van der Waals surface area (Å²) in [5.74, 6) is 5.02. The molecule has 0 aromatic heterocycles. The molecule has 0 aliphatic rings. The zero-order chi connectivity index (χ0) is 8.81. The zero-order valence-corrected chi connectivity index (χ0v) is 9.85. The molecule has 66 valence electrons. The first-order valence-electron chi connectivity index (χ1n) is 4.55. The van der Waals surface area contributed by atoms with E-state index in [9.17, 15) is 0 Å². The van der Waals surface area contributed by atoms with Gasteiger partial charge in [0.1, 0.15) is 0 Å². The van der Waals surface area contributed by atoms with Crippen molar-refractivity contribution in [2.45, 2.75) is 12.6 Å². The Morgan fingerprint density at radius 2 is 2.00 bits per heavy atom. The molecule has 0 radical (unpaired) electrons. The third kappa shape index (κ3) is 2.87. The van der Waals surface area contributed by atoms with Gasteiger partial charge >= 0.3 is 79.9 Å². The molecule has 0 aliphatic heterocycles. The molecule has 2 heteroatoms. The molecule has 1 aromatic carbocycles. The van der Waals surface area contributed by atoms with Gasteiger partial charge in [0, 0.05) is 0 Å². The van der Waals surface area contributed by atoms with Crippen molar-refractivity contribution in [1.29, 1.82) is 0 Å². The van der Waals surface area contributed by atoms with E-state index in [4.69, 9.17) is 0 Å². The molecule has 0 N–H and O–H groups in total. The first kappa shape index (κ1) is 9.61. The first-order chi connectivity index (χ1) is 5.84. The second kappa shape index (κ2) is 5.22. The Morgan fingerprint density at radius 1 is 1.33 bits per heavy atom. The Bertz CT molecular complexity index is 233. The summed E-state index contributed by atoms with van der Waals surface area (Å²) in [6.45, 7) is 2.45. The maximum absolute atomic E-state index is 3.80. The molecule has 0 unspecified atom stereocenters. The standard InChI is InChI=1S/C10H16SSi/c1-11-8-9-12(2)10-6-4-3-5-7-10/h3-7H,1,8-9,12H2,2H3. The summed E-state index contributed by atoms with van der Waals surface area (Å²) in [6, 6.07) is 12.3. The summed E-state index contributed by atoms with van der Waals surface area (Å²) >= 11 is 1.72. The SMILES string of the molecule is C=[S+]CC[SiH2-](C)c1ccccc1. The van der Waals surface area contributed by atoms with Crippen LogP contribution in [-0.2, 0) is 11.4 Å². The van der Waals surface area contributed by atoms with Gasteiger partial charge in [-0.3, -0.25) is 0 Å². The maximum atomic E-state index is 3.80. The number of benzene rings is 1. The van der Waals surface area contributed by atoms with Gasteiger partial charge in [0.15, 0.2) is 0 Å². The molecular weight excluding hydrogens is 180 g/mol. The quantitative estimate of drug-likeness (QED) is 0.383. The van der Waals surface area contributed by atoms with Gasteiger partial charge < -0.3 is 0 Å². The summed E-state index contributed by atoms with van der Waals surface area (Å²) in [7, 11) is -0.987. The van der Waals surface area contributed by atoms with E-state index in [1.165, 1.54) is 11.8 Å².